The lowest BCUT2D eigenvalue weighted by Gasteiger charge is -2.24. The van der Waals surface area contributed by atoms with Gasteiger partial charge in [-0.15, -0.1) is 0 Å². The van der Waals surface area contributed by atoms with Gasteiger partial charge in [0.05, 0.1) is 12.2 Å². The van der Waals surface area contributed by atoms with Crippen molar-refractivity contribution in [2.24, 2.45) is 5.92 Å². The van der Waals surface area contributed by atoms with Gasteiger partial charge in [-0.25, -0.2) is 0 Å². The largest absolute Gasteiger partial charge is 0.520 e. The van der Waals surface area contributed by atoms with E-state index in [0.29, 0.717) is 24.4 Å². The van der Waals surface area contributed by atoms with Crippen LogP contribution in [0.4, 0.5) is 0 Å². The summed E-state index contributed by atoms with van der Waals surface area (Å²) in [6, 6.07) is 1.09. The molecule has 1 aliphatic carbocycles. The fourth-order valence-corrected chi connectivity index (χ4v) is 5.33. The van der Waals surface area contributed by atoms with Crippen molar-refractivity contribution < 1.29 is 18.7 Å². The van der Waals surface area contributed by atoms with Crippen molar-refractivity contribution >= 4 is 15.0 Å². The molecule has 0 radical (unpaired) electrons. The molecule has 0 aromatic rings. The average Bonchev–Trinajstić information content (AvgIpc) is 3.19. The summed E-state index contributed by atoms with van der Waals surface area (Å²) >= 11 is 0. The van der Waals surface area contributed by atoms with Crippen LogP contribution in [0.25, 0.3) is 0 Å². The van der Waals surface area contributed by atoms with E-state index >= 15 is 0 Å². The first-order valence-electron chi connectivity index (χ1n) is 8.02. The molecule has 1 aliphatic heterocycles. The first-order valence-corrected chi connectivity index (χ1v) is 9.98. The molecule has 5 heteroatoms. The number of rotatable bonds is 8. The number of epoxide rings is 1. The van der Waals surface area contributed by atoms with Crippen LogP contribution < -0.4 is 0 Å². The molecular weight excluding hydrogens is 272 g/mol. The molecule has 4 atom stereocenters. The molecular formula is C15H28O4Si. The third-order valence-electron chi connectivity index (χ3n) is 4.42. The van der Waals surface area contributed by atoms with Gasteiger partial charge in [-0.3, -0.25) is 4.79 Å². The predicted octanol–water partition coefficient (Wildman–Crippen LogP) is 2.66. The fourth-order valence-electron chi connectivity index (χ4n) is 3.07. The second-order valence-corrected chi connectivity index (χ2v) is 9.60. The molecule has 1 heterocycles. The fraction of sp³-hybridized carbons (Fsp3) is 0.933. The first kappa shape index (κ1) is 16.0. The lowest BCUT2D eigenvalue weighted by Crippen LogP contribution is -2.29. The highest BCUT2D eigenvalue weighted by Gasteiger charge is 2.43. The van der Waals surface area contributed by atoms with Gasteiger partial charge in [0.1, 0.15) is 6.61 Å². The monoisotopic (exact) mass is 300 g/mol. The zero-order valence-electron chi connectivity index (χ0n) is 13.0. The maximum Gasteiger partial charge on any atom is 0.318 e. The molecule has 0 N–H and O–H groups in total. The van der Waals surface area contributed by atoms with Crippen LogP contribution in [0.15, 0.2) is 0 Å². The van der Waals surface area contributed by atoms with E-state index in [1.54, 1.807) is 0 Å². The number of hydrogen-bond acceptors (Lipinski definition) is 4. The van der Waals surface area contributed by atoms with Crippen molar-refractivity contribution in [2.75, 3.05) is 13.2 Å². The highest BCUT2D eigenvalue weighted by Crippen LogP contribution is 2.41. The molecule has 4 unspecified atom stereocenters. The summed E-state index contributed by atoms with van der Waals surface area (Å²) in [6.07, 6.45) is 6.06. The maximum atomic E-state index is 11.7. The minimum atomic E-state index is -1.46. The van der Waals surface area contributed by atoms with Crippen molar-refractivity contribution in [3.05, 3.63) is 0 Å². The van der Waals surface area contributed by atoms with Gasteiger partial charge in [0.2, 0.25) is 9.04 Å². The average molecular weight is 300 g/mol. The molecule has 1 saturated carbocycles. The van der Waals surface area contributed by atoms with Crippen LogP contribution in [0.2, 0.25) is 11.6 Å². The van der Waals surface area contributed by atoms with Crippen LogP contribution in [0.1, 0.15) is 46.5 Å². The van der Waals surface area contributed by atoms with Crippen LogP contribution in [-0.2, 0) is 18.7 Å². The third-order valence-corrected chi connectivity index (χ3v) is 7.38. The summed E-state index contributed by atoms with van der Waals surface area (Å²) < 4.78 is 16.4. The molecule has 0 aromatic carbocycles. The predicted molar refractivity (Wildman–Crippen MR) is 80.3 cm³/mol. The van der Waals surface area contributed by atoms with Gasteiger partial charge in [0.25, 0.3) is 0 Å². The molecule has 2 rings (SSSR count). The Balaban J connectivity index is 1.69. The number of carbonyl (C=O) groups excluding carboxylic acids is 1. The van der Waals surface area contributed by atoms with Crippen LogP contribution >= 0.6 is 0 Å². The summed E-state index contributed by atoms with van der Waals surface area (Å²) in [7, 11) is -1.46. The molecule has 0 bridgehead atoms. The van der Waals surface area contributed by atoms with Crippen molar-refractivity contribution in [1.82, 2.24) is 0 Å². The molecule has 116 valence electrons. The number of ether oxygens (including phenoxy) is 2. The summed E-state index contributed by atoms with van der Waals surface area (Å²) in [5, 5.41) is 0. The molecule has 0 aromatic heterocycles. The van der Waals surface area contributed by atoms with Gasteiger partial charge in [-0.05, 0) is 50.1 Å². The molecule has 2 aliphatic rings. The summed E-state index contributed by atoms with van der Waals surface area (Å²) in [4.78, 5) is 11.7. The smallest absolute Gasteiger partial charge is 0.318 e. The number of hydrogen-bond donors (Lipinski definition) is 0. The molecule has 2 fully saturated rings. The summed E-state index contributed by atoms with van der Waals surface area (Å²) in [6.45, 7) is 6.90. The van der Waals surface area contributed by atoms with Crippen molar-refractivity contribution in [3.8, 4) is 0 Å². The zero-order chi connectivity index (χ0) is 14.5. The van der Waals surface area contributed by atoms with Gasteiger partial charge < -0.3 is 13.9 Å². The normalized spacial score (nSPS) is 29.9. The van der Waals surface area contributed by atoms with E-state index in [-0.39, 0.29) is 12.6 Å². The second-order valence-electron chi connectivity index (χ2n) is 6.38. The zero-order valence-corrected chi connectivity index (χ0v) is 14.1. The minimum absolute atomic E-state index is 0.105. The van der Waals surface area contributed by atoms with E-state index in [1.165, 1.54) is 25.7 Å². The van der Waals surface area contributed by atoms with Crippen molar-refractivity contribution in [3.63, 3.8) is 0 Å². The standard InChI is InChI=1S/C15H28O4Si/c1-4-17-10-15(16)19-20(11(2)3)8-7-12-5-6-13-14(9-12)18-13/h11-14,20H,4-10H2,1-3H3. The lowest BCUT2D eigenvalue weighted by atomic mass is 9.88. The molecule has 1 saturated heterocycles. The SMILES string of the molecule is CCOCC(=O)O[SiH](CCC1CCC2OC2C1)C(C)C. The lowest BCUT2D eigenvalue weighted by molar-refractivity contribution is -0.139. The Morgan fingerprint density at radius 3 is 2.80 bits per heavy atom. The van der Waals surface area contributed by atoms with Gasteiger partial charge in [-0.2, -0.15) is 0 Å². The van der Waals surface area contributed by atoms with Crippen LogP contribution in [0.5, 0.6) is 0 Å². The molecule has 20 heavy (non-hydrogen) atoms. The highest BCUT2D eigenvalue weighted by atomic mass is 28.3. The highest BCUT2D eigenvalue weighted by molar-refractivity contribution is 6.55. The van der Waals surface area contributed by atoms with Crippen molar-refractivity contribution in [2.45, 2.75) is 70.2 Å². The number of fused-ring (bicyclic) bond motifs is 1. The van der Waals surface area contributed by atoms with Crippen LogP contribution in [0, 0.1) is 5.92 Å². The molecule has 0 amide bonds. The van der Waals surface area contributed by atoms with E-state index in [1.807, 2.05) is 6.92 Å². The Bertz CT molecular complexity index is 321. The van der Waals surface area contributed by atoms with Gasteiger partial charge in [0, 0.05) is 6.61 Å². The third kappa shape index (κ3) is 4.86. The second kappa shape index (κ2) is 7.57. The van der Waals surface area contributed by atoms with Gasteiger partial charge in [-0.1, -0.05) is 13.8 Å². The van der Waals surface area contributed by atoms with E-state index in [9.17, 15) is 4.79 Å². The molecule has 4 nitrogen and oxygen atoms in total. The Morgan fingerprint density at radius 2 is 2.15 bits per heavy atom. The van der Waals surface area contributed by atoms with Crippen LogP contribution in [-0.4, -0.2) is 40.4 Å². The quantitative estimate of drug-likeness (QED) is 0.511. The number of carbonyl (C=O) groups is 1. The van der Waals surface area contributed by atoms with E-state index in [4.69, 9.17) is 13.9 Å². The Morgan fingerprint density at radius 1 is 1.35 bits per heavy atom. The van der Waals surface area contributed by atoms with E-state index in [0.717, 1.165) is 12.0 Å². The Hall–Kier alpha value is -0.393. The van der Waals surface area contributed by atoms with E-state index < -0.39 is 9.04 Å². The van der Waals surface area contributed by atoms with E-state index in [2.05, 4.69) is 13.8 Å². The van der Waals surface area contributed by atoms with Gasteiger partial charge >= 0.3 is 5.97 Å². The Kier molecular flexibility index (Phi) is 6.05. The Labute approximate surface area is 123 Å². The first-order chi connectivity index (χ1) is 9.60. The maximum absolute atomic E-state index is 11.7. The van der Waals surface area contributed by atoms with Crippen LogP contribution in [0.3, 0.4) is 0 Å². The summed E-state index contributed by atoms with van der Waals surface area (Å²) in [5.41, 5.74) is 0.495. The minimum Gasteiger partial charge on any atom is -0.520 e. The topological polar surface area (TPSA) is 48.1 Å². The summed E-state index contributed by atoms with van der Waals surface area (Å²) in [5.74, 6) is 0.601. The van der Waals surface area contributed by atoms with Gasteiger partial charge in [0.15, 0.2) is 0 Å². The molecule has 0 spiro atoms. The van der Waals surface area contributed by atoms with Crippen molar-refractivity contribution in [1.29, 1.82) is 0 Å².